The molecule has 0 radical (unpaired) electrons. The molecule has 55 heavy (non-hydrogen) atoms. The number of carbonyl (C=O) groups is 8. The summed E-state index contributed by atoms with van der Waals surface area (Å²) in [6.45, 7) is 6.27. The van der Waals surface area contributed by atoms with Gasteiger partial charge in [0.25, 0.3) is 0 Å². The molecule has 21 heteroatoms. The van der Waals surface area contributed by atoms with Crippen molar-refractivity contribution in [1.29, 1.82) is 0 Å². The van der Waals surface area contributed by atoms with Crippen LogP contribution in [0.2, 0.25) is 0 Å². The molecule has 0 saturated heterocycles. The lowest BCUT2D eigenvalue weighted by atomic mass is 10.3. The molecule has 0 aromatic heterocycles. The van der Waals surface area contributed by atoms with Crippen LogP contribution in [0.4, 0.5) is 0 Å². The minimum absolute atomic E-state index is 0.235. The maximum absolute atomic E-state index is 11.6. The minimum atomic E-state index is -0.978. The lowest BCUT2D eigenvalue weighted by Gasteiger charge is -2.27. The minimum Gasteiger partial charge on any atom is -0.462 e. The van der Waals surface area contributed by atoms with E-state index in [-0.39, 0.29) is 79.3 Å². The predicted octanol–water partition coefficient (Wildman–Crippen LogP) is -0.214. The average molecular weight is 799 g/mol. The second kappa shape index (κ2) is 29.9. The van der Waals surface area contributed by atoms with Gasteiger partial charge in [0.15, 0.2) is 24.4 Å². The van der Waals surface area contributed by atoms with Gasteiger partial charge in [-0.3, -0.25) is 38.4 Å². The van der Waals surface area contributed by atoms with Gasteiger partial charge in [-0.05, 0) is 0 Å². The molecule has 0 fully saturated rings. The van der Waals surface area contributed by atoms with Gasteiger partial charge in [-0.2, -0.15) is 0 Å². The molecule has 0 spiro atoms. The first-order valence-corrected chi connectivity index (χ1v) is 17.0. The molecule has 0 aromatic carbocycles. The highest BCUT2D eigenvalue weighted by Crippen LogP contribution is 2.09. The van der Waals surface area contributed by atoms with Crippen LogP contribution in [0.25, 0.3) is 0 Å². The Morgan fingerprint density at radius 2 is 0.455 bits per heavy atom. The van der Waals surface area contributed by atoms with Crippen LogP contribution in [0, 0.1) is 0 Å². The Balaban J connectivity index is 6.14. The number of esters is 8. The summed E-state index contributed by atoms with van der Waals surface area (Å²) >= 11 is 0. The standard InChI is InChI=1S/C34H54O21/c1-21(35)47-17-31(51-25(5)39)13-43-9-29(10-44-14-32(52-26(6)40)18-48-22(2)36)55-30(11-45-15-33(53-27(7)41)19-49-23(3)37)12-46-16-34(54-28(8)42)20-50-24(4)38/h29-34H,9-20H2,1-8H3. The van der Waals surface area contributed by atoms with E-state index in [0.717, 1.165) is 27.7 Å². The molecule has 0 bridgehead atoms. The SMILES string of the molecule is CC(=O)OCC(COCC(COCC(COC(C)=O)OC(C)=O)OC(COCC(COC(C)=O)OC(C)=O)COCC(COC(C)=O)OC(C)=O)OC(C)=O. The third-order valence-corrected chi connectivity index (χ3v) is 6.04. The van der Waals surface area contributed by atoms with E-state index < -0.39 is 84.4 Å². The van der Waals surface area contributed by atoms with Gasteiger partial charge in [0.2, 0.25) is 0 Å². The zero-order chi connectivity index (χ0) is 41.8. The summed E-state index contributed by atoms with van der Waals surface area (Å²) in [4.78, 5) is 91.8. The zero-order valence-corrected chi connectivity index (χ0v) is 32.5. The molecule has 21 nitrogen and oxygen atoms in total. The highest BCUT2D eigenvalue weighted by molar-refractivity contribution is 5.68. The van der Waals surface area contributed by atoms with Crippen LogP contribution in [-0.2, 0) is 99.9 Å². The topological polar surface area (TPSA) is 257 Å². The number of ether oxygens (including phenoxy) is 13. The van der Waals surface area contributed by atoms with Gasteiger partial charge in [-0.1, -0.05) is 0 Å². The second-order valence-electron chi connectivity index (χ2n) is 11.7. The van der Waals surface area contributed by atoms with Crippen molar-refractivity contribution in [2.75, 3.05) is 79.3 Å². The van der Waals surface area contributed by atoms with E-state index in [1.54, 1.807) is 0 Å². The summed E-state index contributed by atoms with van der Waals surface area (Å²) in [6, 6.07) is 0. The van der Waals surface area contributed by atoms with E-state index >= 15 is 0 Å². The quantitative estimate of drug-likeness (QED) is 0.0672. The van der Waals surface area contributed by atoms with Gasteiger partial charge >= 0.3 is 47.8 Å². The molecule has 0 saturated carbocycles. The fourth-order valence-corrected chi connectivity index (χ4v) is 4.09. The van der Waals surface area contributed by atoms with Crippen molar-refractivity contribution in [1.82, 2.24) is 0 Å². The van der Waals surface area contributed by atoms with E-state index in [4.69, 9.17) is 61.6 Å². The molecule has 0 aliphatic heterocycles. The van der Waals surface area contributed by atoms with E-state index in [9.17, 15) is 38.4 Å². The van der Waals surface area contributed by atoms with Crippen molar-refractivity contribution >= 4 is 47.8 Å². The molecular weight excluding hydrogens is 744 g/mol. The summed E-state index contributed by atoms with van der Waals surface area (Å²) in [6.07, 6.45) is -5.85. The van der Waals surface area contributed by atoms with E-state index in [2.05, 4.69) is 0 Å². The van der Waals surface area contributed by atoms with Crippen molar-refractivity contribution in [2.24, 2.45) is 0 Å². The van der Waals surface area contributed by atoms with Gasteiger partial charge in [0.1, 0.15) is 38.6 Å². The van der Waals surface area contributed by atoms with Crippen LogP contribution in [0.1, 0.15) is 55.4 Å². The van der Waals surface area contributed by atoms with Crippen LogP contribution in [0.5, 0.6) is 0 Å². The maximum Gasteiger partial charge on any atom is 0.303 e. The first-order chi connectivity index (χ1) is 25.9. The fourth-order valence-electron chi connectivity index (χ4n) is 4.09. The molecule has 316 valence electrons. The molecule has 4 atom stereocenters. The molecule has 0 aliphatic rings. The van der Waals surface area contributed by atoms with Crippen LogP contribution in [0.15, 0.2) is 0 Å². The summed E-state index contributed by atoms with van der Waals surface area (Å²) in [5.74, 6) is -5.07. The third-order valence-electron chi connectivity index (χ3n) is 6.04. The molecule has 0 heterocycles. The normalized spacial score (nSPS) is 14.1. The molecule has 4 unspecified atom stereocenters. The van der Waals surface area contributed by atoms with Crippen LogP contribution in [0.3, 0.4) is 0 Å². The zero-order valence-electron chi connectivity index (χ0n) is 32.5. The van der Waals surface area contributed by atoms with Crippen molar-refractivity contribution in [3.05, 3.63) is 0 Å². The van der Waals surface area contributed by atoms with Crippen molar-refractivity contribution < 1.29 is 99.9 Å². The smallest absolute Gasteiger partial charge is 0.303 e. The number of carbonyl (C=O) groups excluding carboxylic acids is 8. The Bertz CT molecular complexity index is 1030. The number of rotatable bonds is 30. The van der Waals surface area contributed by atoms with Gasteiger partial charge < -0.3 is 61.6 Å². The largest absolute Gasteiger partial charge is 0.462 e. The summed E-state index contributed by atoms with van der Waals surface area (Å²) in [7, 11) is 0. The van der Waals surface area contributed by atoms with Crippen molar-refractivity contribution in [3.8, 4) is 0 Å². The highest BCUT2D eigenvalue weighted by Gasteiger charge is 2.25. The Morgan fingerprint density at radius 3 is 0.618 bits per heavy atom. The monoisotopic (exact) mass is 798 g/mol. The third kappa shape index (κ3) is 31.6. The fraction of sp³-hybridized carbons (Fsp3) is 0.765. The maximum atomic E-state index is 11.6. The Kier molecular flexibility index (Phi) is 27.4. The van der Waals surface area contributed by atoms with E-state index in [1.165, 1.54) is 27.7 Å². The Labute approximate surface area is 319 Å². The van der Waals surface area contributed by atoms with Crippen LogP contribution < -0.4 is 0 Å². The molecule has 0 aliphatic carbocycles. The van der Waals surface area contributed by atoms with Gasteiger partial charge in [0.05, 0.1) is 52.9 Å². The molecule has 0 rings (SSSR count). The summed E-state index contributed by atoms with van der Waals surface area (Å²) < 4.78 is 69.6. The molecule has 0 N–H and O–H groups in total. The lowest BCUT2D eigenvalue weighted by Crippen LogP contribution is -2.39. The first-order valence-electron chi connectivity index (χ1n) is 17.0. The average Bonchev–Trinajstić information content (AvgIpc) is 3.05. The number of hydrogen-bond donors (Lipinski definition) is 0. The summed E-state index contributed by atoms with van der Waals surface area (Å²) in [5, 5.41) is 0. The Morgan fingerprint density at radius 1 is 0.273 bits per heavy atom. The lowest BCUT2D eigenvalue weighted by molar-refractivity contribution is -0.173. The first kappa shape index (κ1) is 50.6. The van der Waals surface area contributed by atoms with Crippen LogP contribution >= 0.6 is 0 Å². The van der Waals surface area contributed by atoms with E-state index in [0.29, 0.717) is 0 Å². The van der Waals surface area contributed by atoms with Crippen molar-refractivity contribution in [3.63, 3.8) is 0 Å². The van der Waals surface area contributed by atoms with Gasteiger partial charge in [-0.25, -0.2) is 0 Å². The van der Waals surface area contributed by atoms with Gasteiger partial charge in [0, 0.05) is 55.4 Å². The van der Waals surface area contributed by atoms with Crippen molar-refractivity contribution in [2.45, 2.75) is 92.0 Å². The molecule has 0 aromatic rings. The van der Waals surface area contributed by atoms with Gasteiger partial charge in [-0.15, -0.1) is 0 Å². The highest BCUT2D eigenvalue weighted by atomic mass is 16.6. The summed E-state index contributed by atoms with van der Waals surface area (Å²) in [5.41, 5.74) is 0. The van der Waals surface area contributed by atoms with Crippen LogP contribution in [-0.4, -0.2) is 164 Å². The molecule has 0 amide bonds. The Hall–Kier alpha value is -4.44. The predicted molar refractivity (Wildman–Crippen MR) is 181 cm³/mol. The van der Waals surface area contributed by atoms with E-state index in [1.807, 2.05) is 0 Å². The second-order valence-corrected chi connectivity index (χ2v) is 11.7. The number of hydrogen-bond acceptors (Lipinski definition) is 21. The molecular formula is C34H54O21.